The van der Waals surface area contributed by atoms with Gasteiger partial charge in [0.2, 0.25) is 0 Å². The molecular weight excluding hydrogens is 170 g/mol. The first-order valence-electron chi connectivity index (χ1n) is 5.41. The van der Waals surface area contributed by atoms with E-state index < -0.39 is 0 Å². The minimum absolute atomic E-state index is 0.00329. The van der Waals surface area contributed by atoms with Crippen LogP contribution in [0.3, 0.4) is 0 Å². The van der Waals surface area contributed by atoms with Crippen molar-refractivity contribution >= 4 is 0 Å². The molecule has 1 heteroatoms. The van der Waals surface area contributed by atoms with Crippen molar-refractivity contribution in [3.05, 3.63) is 35.9 Å². The van der Waals surface area contributed by atoms with E-state index in [0.29, 0.717) is 0 Å². The first-order valence-corrected chi connectivity index (χ1v) is 5.41. The molecule has 1 rings (SSSR count). The van der Waals surface area contributed by atoms with E-state index in [1.165, 1.54) is 24.8 Å². The molecule has 0 atom stereocenters. The van der Waals surface area contributed by atoms with Crippen LogP contribution in [0.25, 0.3) is 0 Å². The Morgan fingerprint density at radius 1 is 1.07 bits per heavy atom. The Kier molecular flexibility index (Phi) is 4.15. The number of benzene rings is 1. The molecule has 1 aromatic carbocycles. The first-order chi connectivity index (χ1) is 6.58. The highest BCUT2D eigenvalue weighted by Crippen LogP contribution is 2.11. The van der Waals surface area contributed by atoms with Crippen LogP contribution in [-0.2, 0) is 6.42 Å². The SMILES string of the molecule is CC(C)(N)CCCCc1ccccc1. The molecule has 0 spiro atoms. The van der Waals surface area contributed by atoms with Gasteiger partial charge in [0.15, 0.2) is 0 Å². The summed E-state index contributed by atoms with van der Waals surface area (Å²) in [6.07, 6.45) is 4.75. The van der Waals surface area contributed by atoms with E-state index in [1.54, 1.807) is 0 Å². The lowest BCUT2D eigenvalue weighted by atomic mass is 9.97. The van der Waals surface area contributed by atoms with Crippen LogP contribution in [0.2, 0.25) is 0 Å². The summed E-state index contributed by atoms with van der Waals surface area (Å²) in [5.41, 5.74) is 7.34. The van der Waals surface area contributed by atoms with Crippen LogP contribution in [0.15, 0.2) is 30.3 Å². The van der Waals surface area contributed by atoms with Crippen LogP contribution in [-0.4, -0.2) is 5.54 Å². The minimum atomic E-state index is -0.00329. The summed E-state index contributed by atoms with van der Waals surface area (Å²) >= 11 is 0. The van der Waals surface area contributed by atoms with E-state index in [1.807, 2.05) is 0 Å². The smallest absolute Gasteiger partial charge is 0.00970 e. The fraction of sp³-hybridized carbons (Fsp3) is 0.538. The van der Waals surface area contributed by atoms with Gasteiger partial charge in [0.1, 0.15) is 0 Å². The van der Waals surface area contributed by atoms with Gasteiger partial charge in [0, 0.05) is 5.54 Å². The summed E-state index contributed by atoms with van der Waals surface area (Å²) in [5.74, 6) is 0. The van der Waals surface area contributed by atoms with Crippen LogP contribution in [0.5, 0.6) is 0 Å². The highest BCUT2D eigenvalue weighted by Gasteiger charge is 2.08. The van der Waals surface area contributed by atoms with Crippen molar-refractivity contribution in [1.29, 1.82) is 0 Å². The highest BCUT2D eigenvalue weighted by molar-refractivity contribution is 5.14. The summed E-state index contributed by atoms with van der Waals surface area (Å²) in [6, 6.07) is 10.6. The molecule has 0 saturated carbocycles. The van der Waals surface area contributed by atoms with Crippen molar-refractivity contribution in [2.45, 2.75) is 45.1 Å². The average molecular weight is 191 g/mol. The third-order valence-corrected chi connectivity index (χ3v) is 2.38. The molecule has 0 bridgehead atoms. The maximum atomic E-state index is 5.91. The second-order valence-corrected chi connectivity index (χ2v) is 4.68. The van der Waals surface area contributed by atoms with E-state index in [0.717, 1.165) is 6.42 Å². The molecule has 0 aliphatic carbocycles. The monoisotopic (exact) mass is 191 g/mol. The zero-order chi connectivity index (χ0) is 10.4. The quantitative estimate of drug-likeness (QED) is 0.711. The Hall–Kier alpha value is -0.820. The van der Waals surface area contributed by atoms with Gasteiger partial charge in [-0.05, 0) is 38.7 Å². The molecule has 0 radical (unpaired) electrons. The standard InChI is InChI=1S/C13H21N/c1-13(2,14)11-7-6-10-12-8-4-3-5-9-12/h3-5,8-9H,6-7,10-11,14H2,1-2H3. The molecular formula is C13H21N. The van der Waals surface area contributed by atoms with Crippen molar-refractivity contribution < 1.29 is 0 Å². The summed E-state index contributed by atoms with van der Waals surface area (Å²) in [5, 5.41) is 0. The van der Waals surface area contributed by atoms with Crippen LogP contribution < -0.4 is 5.73 Å². The summed E-state index contributed by atoms with van der Waals surface area (Å²) in [6.45, 7) is 4.19. The maximum Gasteiger partial charge on any atom is 0.00970 e. The Balaban J connectivity index is 2.17. The van der Waals surface area contributed by atoms with Crippen LogP contribution in [0, 0.1) is 0 Å². The Morgan fingerprint density at radius 2 is 1.71 bits per heavy atom. The van der Waals surface area contributed by atoms with Crippen LogP contribution >= 0.6 is 0 Å². The molecule has 14 heavy (non-hydrogen) atoms. The van der Waals surface area contributed by atoms with E-state index in [-0.39, 0.29) is 5.54 Å². The normalized spacial score (nSPS) is 11.6. The lowest BCUT2D eigenvalue weighted by Gasteiger charge is -2.17. The average Bonchev–Trinajstić information content (AvgIpc) is 2.13. The van der Waals surface area contributed by atoms with Gasteiger partial charge in [-0.3, -0.25) is 0 Å². The lowest BCUT2D eigenvalue weighted by Crippen LogP contribution is -2.31. The van der Waals surface area contributed by atoms with Crippen LogP contribution in [0.4, 0.5) is 0 Å². The molecule has 0 aliphatic rings. The molecule has 0 unspecified atom stereocenters. The predicted molar refractivity (Wildman–Crippen MR) is 62.3 cm³/mol. The molecule has 0 amide bonds. The number of aryl methyl sites for hydroxylation is 1. The summed E-state index contributed by atoms with van der Waals surface area (Å²) in [7, 11) is 0. The minimum Gasteiger partial charge on any atom is -0.326 e. The number of unbranched alkanes of at least 4 members (excludes halogenated alkanes) is 1. The van der Waals surface area contributed by atoms with Gasteiger partial charge in [-0.2, -0.15) is 0 Å². The molecule has 78 valence electrons. The maximum absolute atomic E-state index is 5.91. The molecule has 1 aromatic rings. The van der Waals surface area contributed by atoms with Crippen molar-refractivity contribution in [2.24, 2.45) is 5.73 Å². The van der Waals surface area contributed by atoms with Gasteiger partial charge in [-0.1, -0.05) is 36.8 Å². The van der Waals surface area contributed by atoms with Gasteiger partial charge in [0.25, 0.3) is 0 Å². The predicted octanol–water partition coefficient (Wildman–Crippen LogP) is 3.14. The Morgan fingerprint density at radius 3 is 2.29 bits per heavy atom. The second kappa shape index (κ2) is 5.16. The van der Waals surface area contributed by atoms with Gasteiger partial charge in [0.05, 0.1) is 0 Å². The molecule has 0 saturated heterocycles. The highest BCUT2D eigenvalue weighted by atomic mass is 14.7. The van der Waals surface area contributed by atoms with E-state index in [9.17, 15) is 0 Å². The molecule has 0 heterocycles. The number of hydrogen-bond donors (Lipinski definition) is 1. The van der Waals surface area contributed by atoms with E-state index >= 15 is 0 Å². The fourth-order valence-electron chi connectivity index (χ4n) is 1.55. The van der Waals surface area contributed by atoms with Gasteiger partial charge in [-0.25, -0.2) is 0 Å². The lowest BCUT2D eigenvalue weighted by molar-refractivity contribution is 0.450. The first kappa shape index (κ1) is 11.3. The number of hydrogen-bond acceptors (Lipinski definition) is 1. The van der Waals surface area contributed by atoms with Crippen molar-refractivity contribution in [1.82, 2.24) is 0 Å². The zero-order valence-corrected chi connectivity index (χ0v) is 9.29. The Labute approximate surface area is 87.3 Å². The fourth-order valence-corrected chi connectivity index (χ4v) is 1.55. The third-order valence-electron chi connectivity index (χ3n) is 2.38. The molecule has 2 N–H and O–H groups in total. The van der Waals surface area contributed by atoms with Crippen molar-refractivity contribution in [2.75, 3.05) is 0 Å². The van der Waals surface area contributed by atoms with Crippen molar-refractivity contribution in [3.8, 4) is 0 Å². The second-order valence-electron chi connectivity index (χ2n) is 4.68. The van der Waals surface area contributed by atoms with Gasteiger partial charge < -0.3 is 5.73 Å². The number of nitrogens with two attached hydrogens (primary N) is 1. The van der Waals surface area contributed by atoms with Gasteiger partial charge >= 0.3 is 0 Å². The summed E-state index contributed by atoms with van der Waals surface area (Å²) < 4.78 is 0. The largest absolute Gasteiger partial charge is 0.326 e. The summed E-state index contributed by atoms with van der Waals surface area (Å²) in [4.78, 5) is 0. The van der Waals surface area contributed by atoms with Crippen LogP contribution in [0.1, 0.15) is 38.7 Å². The Bertz CT molecular complexity index is 246. The zero-order valence-electron chi connectivity index (χ0n) is 9.29. The molecule has 0 aromatic heterocycles. The number of rotatable bonds is 5. The van der Waals surface area contributed by atoms with E-state index in [4.69, 9.17) is 5.73 Å². The molecule has 0 fully saturated rings. The molecule has 0 aliphatic heterocycles. The van der Waals surface area contributed by atoms with Crippen molar-refractivity contribution in [3.63, 3.8) is 0 Å². The van der Waals surface area contributed by atoms with Gasteiger partial charge in [-0.15, -0.1) is 0 Å². The topological polar surface area (TPSA) is 26.0 Å². The van der Waals surface area contributed by atoms with E-state index in [2.05, 4.69) is 44.2 Å². The molecule has 1 nitrogen and oxygen atoms in total. The third kappa shape index (κ3) is 5.03.